The SMILES string of the molecule is CC1OB(c2cccc3c(-c4ccc5c(c4)C=CCC5)c(-c4c5ccccc5c(-c5ccccc5)c5ccccc45)sc23)OC1(C)C. The molecule has 0 N–H and O–H groups in total. The standard InChI is InChI=1S/C43H35BO2S/c1-27-43(2,3)46-44(45-27)37-23-13-22-36-39(31-25-24-28-14-7-8-17-30(28)26-31)42(47-41(36)37)40-34-20-11-9-18-32(34)38(29-15-5-4-6-16-29)33-19-10-12-21-35(33)40/h4-6,8-13,15-27H,7,14H2,1-3H3. The van der Waals surface area contributed by atoms with E-state index in [1.54, 1.807) is 0 Å². The number of allylic oxidation sites excluding steroid dienone is 1. The summed E-state index contributed by atoms with van der Waals surface area (Å²) in [6.45, 7) is 6.35. The largest absolute Gasteiger partial charge is 0.496 e. The second-order valence-electron chi connectivity index (χ2n) is 13.4. The summed E-state index contributed by atoms with van der Waals surface area (Å²) in [7, 11) is -0.413. The van der Waals surface area contributed by atoms with E-state index >= 15 is 0 Å². The van der Waals surface area contributed by atoms with Crippen molar-refractivity contribution in [2.24, 2.45) is 0 Å². The van der Waals surface area contributed by atoms with Gasteiger partial charge >= 0.3 is 7.12 Å². The predicted molar refractivity (Wildman–Crippen MR) is 202 cm³/mol. The van der Waals surface area contributed by atoms with E-state index in [4.69, 9.17) is 9.31 Å². The second-order valence-corrected chi connectivity index (χ2v) is 14.4. The highest BCUT2D eigenvalue weighted by Gasteiger charge is 2.45. The molecule has 47 heavy (non-hydrogen) atoms. The molecule has 2 heterocycles. The smallest absolute Gasteiger partial charge is 0.402 e. The molecule has 6 aromatic carbocycles. The molecule has 1 aromatic heterocycles. The fourth-order valence-electron chi connectivity index (χ4n) is 7.55. The molecule has 7 aromatic rings. The first-order chi connectivity index (χ1) is 23.0. The Morgan fingerprint density at radius 1 is 0.681 bits per heavy atom. The molecule has 2 aliphatic rings. The van der Waals surface area contributed by atoms with Crippen LogP contribution in [0.4, 0.5) is 0 Å². The fourth-order valence-corrected chi connectivity index (χ4v) is 8.96. The quantitative estimate of drug-likeness (QED) is 0.143. The molecule has 1 saturated heterocycles. The highest BCUT2D eigenvalue weighted by molar-refractivity contribution is 7.24. The topological polar surface area (TPSA) is 18.5 Å². The van der Waals surface area contributed by atoms with Crippen LogP contribution in [0.5, 0.6) is 0 Å². The summed E-state index contributed by atoms with van der Waals surface area (Å²) in [6, 6.07) is 42.5. The molecule has 228 valence electrons. The van der Waals surface area contributed by atoms with E-state index in [1.807, 2.05) is 11.3 Å². The van der Waals surface area contributed by atoms with Gasteiger partial charge in [0.15, 0.2) is 0 Å². The van der Waals surface area contributed by atoms with Crippen molar-refractivity contribution in [2.75, 3.05) is 0 Å². The summed E-state index contributed by atoms with van der Waals surface area (Å²) in [6.07, 6.45) is 6.79. The number of fused-ring (bicyclic) bond motifs is 4. The molecule has 0 radical (unpaired) electrons. The van der Waals surface area contributed by atoms with E-state index in [0.717, 1.165) is 18.3 Å². The van der Waals surface area contributed by atoms with E-state index in [2.05, 4.69) is 148 Å². The lowest BCUT2D eigenvalue weighted by Crippen LogP contribution is -2.34. The summed E-state index contributed by atoms with van der Waals surface area (Å²) >= 11 is 1.88. The molecule has 0 bridgehead atoms. The lowest BCUT2D eigenvalue weighted by molar-refractivity contribution is 0.0842. The summed E-state index contributed by atoms with van der Waals surface area (Å²) in [4.78, 5) is 1.28. The van der Waals surface area contributed by atoms with Crippen LogP contribution in [0.2, 0.25) is 0 Å². The molecule has 2 nitrogen and oxygen atoms in total. The van der Waals surface area contributed by atoms with E-state index in [0.29, 0.717) is 0 Å². The zero-order valence-corrected chi connectivity index (χ0v) is 27.7. The Kier molecular flexibility index (Phi) is 6.76. The first-order valence-corrected chi connectivity index (χ1v) is 17.5. The van der Waals surface area contributed by atoms with Crippen molar-refractivity contribution in [1.82, 2.24) is 0 Å². The van der Waals surface area contributed by atoms with E-state index in [9.17, 15) is 0 Å². The number of rotatable bonds is 4. The number of benzene rings is 6. The van der Waals surface area contributed by atoms with Gasteiger partial charge in [0, 0.05) is 31.6 Å². The van der Waals surface area contributed by atoms with Crippen molar-refractivity contribution in [2.45, 2.75) is 45.3 Å². The molecule has 1 fully saturated rings. The first-order valence-electron chi connectivity index (χ1n) is 16.7. The molecule has 1 aliphatic heterocycles. The molecule has 1 unspecified atom stereocenters. The van der Waals surface area contributed by atoms with E-state index in [1.165, 1.54) is 75.5 Å². The maximum Gasteiger partial charge on any atom is 0.496 e. The van der Waals surface area contributed by atoms with Gasteiger partial charge in [-0.2, -0.15) is 0 Å². The first kappa shape index (κ1) is 28.7. The Hall–Kier alpha value is -4.48. The van der Waals surface area contributed by atoms with Gasteiger partial charge in [-0.1, -0.05) is 121 Å². The van der Waals surface area contributed by atoms with Crippen molar-refractivity contribution >= 4 is 61.6 Å². The molecule has 9 rings (SSSR count). The third kappa shape index (κ3) is 4.62. The van der Waals surface area contributed by atoms with Gasteiger partial charge in [-0.25, -0.2) is 0 Å². The summed E-state index contributed by atoms with van der Waals surface area (Å²) < 4.78 is 14.3. The molecular formula is C43H35BO2S. The molecule has 1 aliphatic carbocycles. The lowest BCUT2D eigenvalue weighted by atomic mass is 9.78. The van der Waals surface area contributed by atoms with Gasteiger partial charge in [0.2, 0.25) is 0 Å². The average molecular weight is 627 g/mol. The summed E-state index contributed by atoms with van der Waals surface area (Å²) in [5.41, 5.74) is 9.81. The van der Waals surface area contributed by atoms with Crippen molar-refractivity contribution in [3.8, 4) is 32.7 Å². The Balaban J connectivity index is 1.40. The maximum atomic E-state index is 6.57. The minimum atomic E-state index is -0.413. The van der Waals surface area contributed by atoms with Crippen LogP contribution in [0.1, 0.15) is 38.3 Å². The highest BCUT2D eigenvalue weighted by atomic mass is 32.1. The summed E-state index contributed by atoms with van der Waals surface area (Å²) in [5.74, 6) is 0. The maximum absolute atomic E-state index is 6.57. The third-order valence-corrected chi connectivity index (χ3v) is 11.5. The third-order valence-electron chi connectivity index (χ3n) is 10.3. The van der Waals surface area contributed by atoms with E-state index < -0.39 is 7.12 Å². The van der Waals surface area contributed by atoms with Gasteiger partial charge in [0.1, 0.15) is 0 Å². The Bertz CT molecular complexity index is 2310. The molecule has 0 amide bonds. The fraction of sp³-hybridized carbons (Fsp3) is 0.163. The van der Waals surface area contributed by atoms with Crippen LogP contribution < -0.4 is 5.46 Å². The van der Waals surface area contributed by atoms with Crippen molar-refractivity contribution < 1.29 is 9.31 Å². The minimum Gasteiger partial charge on any atom is -0.402 e. The van der Waals surface area contributed by atoms with Gasteiger partial charge in [0.05, 0.1) is 11.7 Å². The number of hydrogen-bond acceptors (Lipinski definition) is 3. The molecule has 0 saturated carbocycles. The van der Waals surface area contributed by atoms with Crippen LogP contribution in [0.15, 0.2) is 121 Å². The van der Waals surface area contributed by atoms with Crippen molar-refractivity contribution in [3.63, 3.8) is 0 Å². The zero-order chi connectivity index (χ0) is 31.7. The van der Waals surface area contributed by atoms with Crippen molar-refractivity contribution in [3.05, 3.63) is 132 Å². The van der Waals surface area contributed by atoms with Crippen molar-refractivity contribution in [1.29, 1.82) is 0 Å². The minimum absolute atomic E-state index is 0.00693. The molecular weight excluding hydrogens is 591 g/mol. The second kappa shape index (κ2) is 11.1. The van der Waals surface area contributed by atoms with Crippen LogP contribution in [-0.2, 0) is 15.7 Å². The number of aryl methyl sites for hydroxylation is 1. The average Bonchev–Trinajstić information content (AvgIpc) is 3.62. The highest BCUT2D eigenvalue weighted by Crippen LogP contribution is 2.51. The van der Waals surface area contributed by atoms with Crippen LogP contribution in [0.25, 0.3) is 70.4 Å². The normalized spacial score (nSPS) is 17.2. The summed E-state index contributed by atoms with van der Waals surface area (Å²) in [5, 5.41) is 6.30. The molecule has 4 heteroatoms. The van der Waals surface area contributed by atoms with Gasteiger partial charge in [-0.15, -0.1) is 11.3 Å². The molecule has 0 spiro atoms. The van der Waals surface area contributed by atoms with Gasteiger partial charge in [-0.3, -0.25) is 0 Å². The van der Waals surface area contributed by atoms with E-state index in [-0.39, 0.29) is 11.7 Å². The number of thiophene rings is 1. The zero-order valence-electron chi connectivity index (χ0n) is 26.9. The van der Waals surface area contributed by atoms with Crippen LogP contribution in [0.3, 0.4) is 0 Å². The van der Waals surface area contributed by atoms with Crippen LogP contribution in [0, 0.1) is 0 Å². The Labute approximate surface area is 280 Å². The van der Waals surface area contributed by atoms with Gasteiger partial charge < -0.3 is 9.31 Å². The number of hydrogen-bond donors (Lipinski definition) is 0. The van der Waals surface area contributed by atoms with Crippen LogP contribution >= 0.6 is 11.3 Å². The molecule has 1 atom stereocenters. The predicted octanol–water partition coefficient (Wildman–Crippen LogP) is 11.1. The Morgan fingerprint density at radius 2 is 1.34 bits per heavy atom. The Morgan fingerprint density at radius 3 is 2.02 bits per heavy atom. The lowest BCUT2D eigenvalue weighted by Gasteiger charge is -2.21. The van der Waals surface area contributed by atoms with Gasteiger partial charge in [-0.05, 0) is 89.0 Å². The van der Waals surface area contributed by atoms with Gasteiger partial charge in [0.25, 0.3) is 0 Å². The van der Waals surface area contributed by atoms with Crippen LogP contribution in [-0.4, -0.2) is 18.8 Å². The monoisotopic (exact) mass is 626 g/mol.